The van der Waals surface area contributed by atoms with Crippen molar-refractivity contribution in [3.63, 3.8) is 0 Å². The maximum Gasteiger partial charge on any atom is 0.221 e. The highest BCUT2D eigenvalue weighted by molar-refractivity contribution is 5.45. The summed E-state index contributed by atoms with van der Waals surface area (Å²) in [6.45, 7) is 2.63. The maximum atomic E-state index is 12.7. The summed E-state index contributed by atoms with van der Waals surface area (Å²) >= 11 is 0. The average Bonchev–Trinajstić information content (AvgIpc) is 2.36. The van der Waals surface area contributed by atoms with Crippen LogP contribution >= 0.6 is 0 Å². The predicted octanol–water partition coefficient (Wildman–Crippen LogP) is 2.16. The summed E-state index contributed by atoms with van der Waals surface area (Å²) in [5.74, 6) is 0.778. The van der Waals surface area contributed by atoms with E-state index in [9.17, 15) is 4.39 Å². The van der Waals surface area contributed by atoms with E-state index >= 15 is 0 Å². The number of nitrogen functional groups attached to an aromatic ring is 1. The molecule has 0 unspecified atom stereocenters. The summed E-state index contributed by atoms with van der Waals surface area (Å²) in [7, 11) is 0. The molecule has 1 heterocycles. The molecule has 3 N–H and O–H groups in total. The van der Waals surface area contributed by atoms with Crippen LogP contribution in [0.4, 0.5) is 16.2 Å². The van der Waals surface area contributed by atoms with Gasteiger partial charge in [-0.25, -0.2) is 9.37 Å². The van der Waals surface area contributed by atoms with E-state index in [1.807, 2.05) is 6.92 Å². The van der Waals surface area contributed by atoms with E-state index in [-0.39, 0.29) is 11.8 Å². The van der Waals surface area contributed by atoms with Crippen LogP contribution in [-0.2, 0) is 6.42 Å². The number of nitrogens with one attached hydrogen (secondary N) is 1. The van der Waals surface area contributed by atoms with Gasteiger partial charge in [0, 0.05) is 18.3 Å². The summed E-state index contributed by atoms with van der Waals surface area (Å²) in [5.41, 5.74) is 7.54. The minimum absolute atomic E-state index is 0.217. The molecule has 5 heteroatoms. The van der Waals surface area contributed by atoms with Crippen molar-refractivity contribution in [2.45, 2.75) is 13.3 Å². The van der Waals surface area contributed by atoms with E-state index in [0.29, 0.717) is 6.54 Å². The first-order valence-electron chi connectivity index (χ1n) is 5.72. The zero-order valence-corrected chi connectivity index (χ0v) is 10.2. The van der Waals surface area contributed by atoms with Gasteiger partial charge in [-0.15, -0.1) is 0 Å². The molecular weight excluding hydrogens is 231 g/mol. The Hall–Kier alpha value is -2.17. The van der Waals surface area contributed by atoms with E-state index in [4.69, 9.17) is 5.73 Å². The van der Waals surface area contributed by atoms with Crippen LogP contribution in [0.25, 0.3) is 0 Å². The maximum absolute atomic E-state index is 12.7. The SMILES string of the molecule is Cc1cnc(N)nc1NCCc1ccc(F)cc1. The number of halogens is 1. The van der Waals surface area contributed by atoms with Crippen LogP contribution in [-0.4, -0.2) is 16.5 Å². The summed E-state index contributed by atoms with van der Waals surface area (Å²) in [6, 6.07) is 6.48. The van der Waals surface area contributed by atoms with Gasteiger partial charge in [0.25, 0.3) is 0 Å². The normalized spacial score (nSPS) is 10.3. The third-order valence-corrected chi connectivity index (χ3v) is 2.61. The van der Waals surface area contributed by atoms with Gasteiger partial charge in [-0.3, -0.25) is 0 Å². The molecule has 0 saturated carbocycles. The van der Waals surface area contributed by atoms with Gasteiger partial charge in [0.05, 0.1) is 0 Å². The molecule has 0 bridgehead atoms. The molecule has 2 aromatic rings. The second-order valence-electron chi connectivity index (χ2n) is 4.06. The van der Waals surface area contributed by atoms with E-state index in [1.54, 1.807) is 18.3 Å². The van der Waals surface area contributed by atoms with Crippen LogP contribution in [0.5, 0.6) is 0 Å². The van der Waals surface area contributed by atoms with Gasteiger partial charge in [-0.1, -0.05) is 12.1 Å². The monoisotopic (exact) mass is 246 g/mol. The largest absolute Gasteiger partial charge is 0.369 e. The highest BCUT2D eigenvalue weighted by Crippen LogP contribution is 2.11. The Morgan fingerprint density at radius 1 is 1.28 bits per heavy atom. The molecule has 0 aliphatic carbocycles. The molecule has 4 nitrogen and oxygen atoms in total. The Labute approximate surface area is 105 Å². The van der Waals surface area contributed by atoms with Crippen molar-refractivity contribution in [2.24, 2.45) is 0 Å². The van der Waals surface area contributed by atoms with Crippen LogP contribution in [0.2, 0.25) is 0 Å². The molecule has 0 saturated heterocycles. The molecule has 0 spiro atoms. The molecule has 0 aliphatic rings. The number of anilines is 2. The number of hydrogen-bond acceptors (Lipinski definition) is 4. The van der Waals surface area contributed by atoms with Crippen molar-refractivity contribution < 1.29 is 4.39 Å². The molecule has 18 heavy (non-hydrogen) atoms. The molecule has 0 radical (unpaired) electrons. The van der Waals surface area contributed by atoms with Crippen molar-refractivity contribution >= 4 is 11.8 Å². The molecule has 0 aliphatic heterocycles. The summed E-state index contributed by atoms with van der Waals surface area (Å²) in [4.78, 5) is 8.01. The van der Waals surface area contributed by atoms with Crippen LogP contribution in [0, 0.1) is 12.7 Å². The van der Waals surface area contributed by atoms with Crippen LogP contribution in [0.1, 0.15) is 11.1 Å². The highest BCUT2D eigenvalue weighted by Gasteiger charge is 2.01. The van der Waals surface area contributed by atoms with Crippen molar-refractivity contribution in [2.75, 3.05) is 17.6 Å². The third-order valence-electron chi connectivity index (χ3n) is 2.61. The van der Waals surface area contributed by atoms with Gasteiger partial charge in [0.15, 0.2) is 0 Å². The lowest BCUT2D eigenvalue weighted by Crippen LogP contribution is -2.09. The first kappa shape index (κ1) is 12.3. The van der Waals surface area contributed by atoms with Gasteiger partial charge in [0.2, 0.25) is 5.95 Å². The summed E-state index contributed by atoms with van der Waals surface area (Å²) < 4.78 is 12.7. The minimum atomic E-state index is -0.217. The molecule has 0 amide bonds. The fourth-order valence-corrected chi connectivity index (χ4v) is 1.61. The lowest BCUT2D eigenvalue weighted by molar-refractivity contribution is 0.627. The van der Waals surface area contributed by atoms with Gasteiger partial charge in [-0.2, -0.15) is 4.98 Å². The Morgan fingerprint density at radius 2 is 2.00 bits per heavy atom. The van der Waals surface area contributed by atoms with E-state index in [2.05, 4.69) is 15.3 Å². The highest BCUT2D eigenvalue weighted by atomic mass is 19.1. The van der Waals surface area contributed by atoms with Crippen molar-refractivity contribution in [3.8, 4) is 0 Å². The first-order chi connectivity index (χ1) is 8.65. The molecule has 1 aromatic carbocycles. The number of nitrogens with two attached hydrogens (primary N) is 1. The Morgan fingerprint density at radius 3 is 2.72 bits per heavy atom. The molecular formula is C13H15FN4. The zero-order valence-electron chi connectivity index (χ0n) is 10.2. The van der Waals surface area contributed by atoms with Crippen LogP contribution in [0.3, 0.4) is 0 Å². The number of aromatic nitrogens is 2. The van der Waals surface area contributed by atoms with Crippen LogP contribution < -0.4 is 11.1 Å². The van der Waals surface area contributed by atoms with Crippen molar-refractivity contribution in [3.05, 3.63) is 47.4 Å². The Kier molecular flexibility index (Phi) is 3.72. The Bertz CT molecular complexity index is 525. The van der Waals surface area contributed by atoms with Crippen LogP contribution in [0.15, 0.2) is 30.5 Å². The second kappa shape index (κ2) is 5.44. The Balaban J connectivity index is 1.92. The van der Waals surface area contributed by atoms with Gasteiger partial charge in [0.1, 0.15) is 11.6 Å². The first-order valence-corrected chi connectivity index (χ1v) is 5.72. The fraction of sp³-hybridized carbons (Fsp3) is 0.231. The molecule has 0 atom stereocenters. The predicted molar refractivity (Wildman–Crippen MR) is 69.8 cm³/mol. The van der Waals surface area contributed by atoms with E-state index in [0.717, 1.165) is 23.4 Å². The molecule has 94 valence electrons. The minimum Gasteiger partial charge on any atom is -0.369 e. The molecule has 0 fully saturated rings. The third kappa shape index (κ3) is 3.16. The summed E-state index contributed by atoms with van der Waals surface area (Å²) in [6.07, 6.45) is 2.48. The molecule has 1 aromatic heterocycles. The molecule has 2 rings (SSSR count). The number of nitrogens with zero attached hydrogens (tertiary/aromatic N) is 2. The van der Waals surface area contributed by atoms with Crippen molar-refractivity contribution in [1.82, 2.24) is 9.97 Å². The number of hydrogen-bond donors (Lipinski definition) is 2. The zero-order chi connectivity index (χ0) is 13.0. The topological polar surface area (TPSA) is 63.8 Å². The van der Waals surface area contributed by atoms with Gasteiger partial charge < -0.3 is 11.1 Å². The lowest BCUT2D eigenvalue weighted by Gasteiger charge is -2.08. The smallest absolute Gasteiger partial charge is 0.221 e. The van der Waals surface area contributed by atoms with E-state index < -0.39 is 0 Å². The van der Waals surface area contributed by atoms with Gasteiger partial charge >= 0.3 is 0 Å². The average molecular weight is 246 g/mol. The lowest BCUT2D eigenvalue weighted by atomic mass is 10.1. The second-order valence-corrected chi connectivity index (χ2v) is 4.06. The number of rotatable bonds is 4. The standard InChI is InChI=1S/C13H15FN4/c1-9-8-17-13(15)18-12(9)16-7-6-10-2-4-11(14)5-3-10/h2-5,8H,6-7H2,1H3,(H3,15,16,17,18). The van der Waals surface area contributed by atoms with Crippen molar-refractivity contribution in [1.29, 1.82) is 0 Å². The van der Waals surface area contributed by atoms with E-state index in [1.165, 1.54) is 12.1 Å². The summed E-state index contributed by atoms with van der Waals surface area (Å²) in [5, 5.41) is 3.19. The quantitative estimate of drug-likeness (QED) is 0.867. The fourth-order valence-electron chi connectivity index (χ4n) is 1.61. The number of benzene rings is 1. The van der Waals surface area contributed by atoms with Gasteiger partial charge in [-0.05, 0) is 31.0 Å². The number of aryl methyl sites for hydroxylation is 1.